The highest BCUT2D eigenvalue weighted by Crippen LogP contribution is 2.27. The van der Waals surface area contributed by atoms with Crippen molar-refractivity contribution in [3.63, 3.8) is 0 Å². The second-order valence-electron chi connectivity index (χ2n) is 4.63. The second kappa shape index (κ2) is 6.29. The summed E-state index contributed by atoms with van der Waals surface area (Å²) < 4.78 is 0. The summed E-state index contributed by atoms with van der Waals surface area (Å²) in [5, 5.41) is 19.8. The number of hydrogen-bond acceptors (Lipinski definition) is 6. The van der Waals surface area contributed by atoms with Crippen LogP contribution in [0, 0.1) is 10.1 Å². The van der Waals surface area contributed by atoms with E-state index in [9.17, 15) is 14.9 Å². The number of carbonyl (C=O) groups is 1. The third-order valence-corrected chi connectivity index (χ3v) is 3.26. The predicted molar refractivity (Wildman–Crippen MR) is 71.8 cm³/mol. The number of pyridine rings is 1. The first-order valence-electron chi connectivity index (χ1n) is 6.35. The van der Waals surface area contributed by atoms with E-state index in [-0.39, 0.29) is 12.2 Å². The Balaban J connectivity index is 2.11. The van der Waals surface area contributed by atoms with Gasteiger partial charge in [0.2, 0.25) is 0 Å². The average molecular weight is 280 g/mol. The molecule has 1 aromatic heterocycles. The molecule has 0 aromatic carbocycles. The van der Waals surface area contributed by atoms with Crippen LogP contribution in [-0.2, 0) is 4.79 Å². The lowest BCUT2D eigenvalue weighted by Crippen LogP contribution is -2.34. The number of rotatable bonds is 4. The van der Waals surface area contributed by atoms with Crippen molar-refractivity contribution in [2.45, 2.75) is 6.42 Å². The molecule has 0 saturated carbocycles. The molecule has 0 amide bonds. The Morgan fingerprint density at radius 3 is 2.90 bits per heavy atom. The van der Waals surface area contributed by atoms with Gasteiger partial charge in [0, 0.05) is 32.4 Å². The lowest BCUT2D eigenvalue weighted by Gasteiger charge is -2.22. The van der Waals surface area contributed by atoms with Gasteiger partial charge in [0.25, 0.3) is 0 Å². The average Bonchev–Trinajstić information content (AvgIpc) is 2.63. The van der Waals surface area contributed by atoms with E-state index in [2.05, 4.69) is 4.98 Å². The van der Waals surface area contributed by atoms with Gasteiger partial charge in [-0.1, -0.05) is 0 Å². The van der Waals surface area contributed by atoms with E-state index in [4.69, 9.17) is 5.11 Å². The maximum Gasteiger partial charge on any atom is 0.317 e. The summed E-state index contributed by atoms with van der Waals surface area (Å²) in [6.07, 6.45) is 3.55. The second-order valence-corrected chi connectivity index (χ2v) is 4.63. The zero-order valence-corrected chi connectivity index (χ0v) is 10.9. The standard InChI is InChI=1S/C12H16N4O4/c17-12(18)9-14-4-1-5-15(7-6-14)10-2-3-13-8-11(10)16(19)20/h2-3,8H,1,4-7,9H2,(H,17,18). The molecule has 0 spiro atoms. The van der Waals surface area contributed by atoms with Gasteiger partial charge in [0.15, 0.2) is 0 Å². The number of nitro groups is 1. The van der Waals surface area contributed by atoms with E-state index < -0.39 is 10.9 Å². The first-order valence-corrected chi connectivity index (χ1v) is 6.35. The van der Waals surface area contributed by atoms with Crippen LogP contribution in [0.25, 0.3) is 0 Å². The summed E-state index contributed by atoms with van der Waals surface area (Å²) in [5.41, 5.74) is 0.529. The number of hydrogen-bond donors (Lipinski definition) is 1. The normalized spacial score (nSPS) is 16.7. The Morgan fingerprint density at radius 2 is 2.20 bits per heavy atom. The minimum atomic E-state index is -0.853. The lowest BCUT2D eigenvalue weighted by atomic mass is 10.3. The van der Waals surface area contributed by atoms with Gasteiger partial charge in [-0.2, -0.15) is 0 Å². The maximum atomic E-state index is 11.0. The topological polar surface area (TPSA) is 99.8 Å². The quantitative estimate of drug-likeness (QED) is 0.636. The maximum absolute atomic E-state index is 11.0. The van der Waals surface area contributed by atoms with Gasteiger partial charge >= 0.3 is 11.7 Å². The molecule has 20 heavy (non-hydrogen) atoms. The van der Waals surface area contributed by atoms with Gasteiger partial charge in [-0.15, -0.1) is 0 Å². The van der Waals surface area contributed by atoms with Crippen molar-refractivity contribution in [2.24, 2.45) is 0 Å². The first-order chi connectivity index (χ1) is 9.58. The molecular weight excluding hydrogens is 264 g/mol. The molecule has 8 heteroatoms. The van der Waals surface area contributed by atoms with Crippen LogP contribution in [0.2, 0.25) is 0 Å². The fourth-order valence-corrected chi connectivity index (χ4v) is 2.35. The summed E-state index contributed by atoms with van der Waals surface area (Å²) in [6, 6.07) is 1.63. The van der Waals surface area contributed by atoms with Crippen LogP contribution in [0.3, 0.4) is 0 Å². The van der Waals surface area contributed by atoms with Crippen LogP contribution >= 0.6 is 0 Å². The molecule has 108 valence electrons. The van der Waals surface area contributed by atoms with Crippen LogP contribution in [0.15, 0.2) is 18.5 Å². The van der Waals surface area contributed by atoms with E-state index in [0.29, 0.717) is 31.9 Å². The molecule has 1 aromatic rings. The third kappa shape index (κ3) is 3.41. The Bertz CT molecular complexity index is 508. The molecule has 1 fully saturated rings. The lowest BCUT2D eigenvalue weighted by molar-refractivity contribution is -0.384. The molecule has 0 aliphatic carbocycles. The summed E-state index contributed by atoms with van der Waals surface area (Å²) >= 11 is 0. The summed E-state index contributed by atoms with van der Waals surface area (Å²) in [6.45, 7) is 2.50. The Labute approximate surface area is 115 Å². The van der Waals surface area contributed by atoms with Gasteiger partial charge in [-0.3, -0.25) is 24.8 Å². The Kier molecular flexibility index (Phi) is 4.46. The van der Waals surface area contributed by atoms with E-state index in [1.54, 1.807) is 6.07 Å². The Hall–Kier alpha value is -2.22. The molecule has 0 radical (unpaired) electrons. The van der Waals surface area contributed by atoms with Crippen molar-refractivity contribution in [2.75, 3.05) is 37.6 Å². The number of aromatic nitrogens is 1. The fraction of sp³-hybridized carbons (Fsp3) is 0.500. The fourth-order valence-electron chi connectivity index (χ4n) is 2.35. The van der Waals surface area contributed by atoms with Crippen molar-refractivity contribution in [3.05, 3.63) is 28.6 Å². The Morgan fingerprint density at radius 1 is 1.40 bits per heavy atom. The van der Waals surface area contributed by atoms with Crippen LogP contribution < -0.4 is 4.90 Å². The molecule has 1 saturated heterocycles. The summed E-state index contributed by atoms with van der Waals surface area (Å²) in [5.74, 6) is -0.853. The third-order valence-electron chi connectivity index (χ3n) is 3.26. The van der Waals surface area contributed by atoms with Crippen molar-refractivity contribution in [1.29, 1.82) is 0 Å². The van der Waals surface area contributed by atoms with E-state index in [1.807, 2.05) is 9.80 Å². The molecule has 0 bridgehead atoms. The number of carboxylic acid groups (broad SMARTS) is 1. The highest BCUT2D eigenvalue weighted by atomic mass is 16.6. The van der Waals surface area contributed by atoms with Gasteiger partial charge in [0.05, 0.1) is 11.5 Å². The van der Waals surface area contributed by atoms with Crippen molar-refractivity contribution in [3.8, 4) is 0 Å². The molecule has 8 nitrogen and oxygen atoms in total. The van der Waals surface area contributed by atoms with Gasteiger partial charge < -0.3 is 10.0 Å². The highest BCUT2D eigenvalue weighted by molar-refractivity contribution is 5.69. The number of anilines is 1. The number of aliphatic carboxylic acids is 1. The first kappa shape index (κ1) is 14.2. The van der Waals surface area contributed by atoms with Crippen LogP contribution in [0.5, 0.6) is 0 Å². The zero-order valence-electron chi connectivity index (χ0n) is 10.9. The van der Waals surface area contributed by atoms with Crippen LogP contribution in [0.1, 0.15) is 6.42 Å². The predicted octanol–water partition coefficient (Wildman–Crippen LogP) is 0.586. The summed E-state index contributed by atoms with van der Waals surface area (Å²) in [4.78, 5) is 28.8. The van der Waals surface area contributed by atoms with Crippen LogP contribution in [0.4, 0.5) is 11.4 Å². The highest BCUT2D eigenvalue weighted by Gasteiger charge is 2.22. The molecule has 0 atom stereocenters. The monoisotopic (exact) mass is 280 g/mol. The largest absolute Gasteiger partial charge is 0.480 e. The number of nitrogens with zero attached hydrogens (tertiary/aromatic N) is 4. The van der Waals surface area contributed by atoms with Crippen molar-refractivity contribution < 1.29 is 14.8 Å². The molecule has 2 rings (SSSR count). The molecule has 1 N–H and O–H groups in total. The molecule has 1 aliphatic rings. The van der Waals surface area contributed by atoms with Crippen molar-refractivity contribution in [1.82, 2.24) is 9.88 Å². The van der Waals surface area contributed by atoms with E-state index in [1.165, 1.54) is 12.4 Å². The SMILES string of the molecule is O=C(O)CN1CCCN(c2ccncc2[N+](=O)[O-])CC1. The van der Waals surface area contributed by atoms with E-state index >= 15 is 0 Å². The zero-order chi connectivity index (χ0) is 14.5. The smallest absolute Gasteiger partial charge is 0.317 e. The van der Waals surface area contributed by atoms with Gasteiger partial charge in [0.1, 0.15) is 11.9 Å². The molecule has 1 aliphatic heterocycles. The van der Waals surface area contributed by atoms with Gasteiger partial charge in [-0.25, -0.2) is 0 Å². The van der Waals surface area contributed by atoms with Gasteiger partial charge in [-0.05, 0) is 12.5 Å². The number of carboxylic acids is 1. The summed E-state index contributed by atoms with van der Waals surface area (Å²) in [7, 11) is 0. The minimum Gasteiger partial charge on any atom is -0.480 e. The molecular formula is C12H16N4O4. The van der Waals surface area contributed by atoms with E-state index in [0.717, 1.165) is 6.42 Å². The molecule has 2 heterocycles. The minimum absolute atomic E-state index is 0.00623. The van der Waals surface area contributed by atoms with Crippen LogP contribution in [-0.4, -0.2) is 58.6 Å². The van der Waals surface area contributed by atoms with Crippen molar-refractivity contribution >= 4 is 17.3 Å². The molecule has 0 unspecified atom stereocenters.